The van der Waals surface area contributed by atoms with E-state index in [0.717, 1.165) is 23.2 Å². The maximum absolute atomic E-state index is 9.27. The molecule has 1 unspecified atom stereocenters. The van der Waals surface area contributed by atoms with E-state index < -0.39 is 0 Å². The Hall–Kier alpha value is -1.82. The molecule has 18 heavy (non-hydrogen) atoms. The summed E-state index contributed by atoms with van der Waals surface area (Å²) in [6, 6.07) is 8.67. The smallest absolute Gasteiger partial charge is 0.0736 e. The fraction of sp³-hybridized carbons (Fsp3) is 0.467. The van der Waals surface area contributed by atoms with Gasteiger partial charge >= 0.3 is 0 Å². The molecular formula is C15H19N3. The highest BCUT2D eigenvalue weighted by atomic mass is 15.3. The average molecular weight is 241 g/mol. The normalized spacial score (nSPS) is 12.9. The fourth-order valence-electron chi connectivity index (χ4n) is 2.41. The standard InChI is InChI=1S/C15H19N3/c1-5-14-12-7-6-11(13(9-16)10(2)3)8-15(12)18(4)17-14/h6-8,10,13H,5H2,1-4H3. The molecule has 94 valence electrons. The van der Waals surface area contributed by atoms with Gasteiger partial charge in [0.15, 0.2) is 0 Å². The Morgan fingerprint density at radius 1 is 1.39 bits per heavy atom. The molecule has 0 N–H and O–H groups in total. The van der Waals surface area contributed by atoms with E-state index >= 15 is 0 Å². The summed E-state index contributed by atoms with van der Waals surface area (Å²) in [7, 11) is 1.96. The van der Waals surface area contributed by atoms with Crippen LogP contribution in [0.2, 0.25) is 0 Å². The van der Waals surface area contributed by atoms with Crippen molar-refractivity contribution in [3.63, 3.8) is 0 Å². The number of nitriles is 1. The first-order chi connectivity index (χ1) is 8.58. The summed E-state index contributed by atoms with van der Waals surface area (Å²) < 4.78 is 1.91. The van der Waals surface area contributed by atoms with Crippen molar-refractivity contribution in [2.45, 2.75) is 33.1 Å². The number of rotatable bonds is 3. The number of nitrogens with zero attached hydrogens (tertiary/aromatic N) is 3. The Morgan fingerprint density at radius 3 is 2.67 bits per heavy atom. The lowest BCUT2D eigenvalue weighted by Crippen LogP contribution is -2.04. The SMILES string of the molecule is CCc1nn(C)c2cc(C(C#N)C(C)C)ccc12. The van der Waals surface area contributed by atoms with Crippen LogP contribution in [0.15, 0.2) is 18.2 Å². The first-order valence-electron chi connectivity index (χ1n) is 6.43. The highest BCUT2D eigenvalue weighted by Gasteiger charge is 2.17. The molecule has 0 amide bonds. The third-order valence-corrected chi connectivity index (χ3v) is 3.45. The molecule has 1 aromatic carbocycles. The average Bonchev–Trinajstić information content (AvgIpc) is 2.66. The second-order valence-corrected chi connectivity index (χ2v) is 5.05. The third kappa shape index (κ3) is 1.99. The van der Waals surface area contributed by atoms with E-state index in [2.05, 4.69) is 50.1 Å². The Morgan fingerprint density at radius 2 is 2.11 bits per heavy atom. The summed E-state index contributed by atoms with van der Waals surface area (Å²) in [5, 5.41) is 15.0. The highest BCUT2D eigenvalue weighted by molar-refractivity contribution is 5.82. The van der Waals surface area contributed by atoms with Gasteiger partial charge in [0.2, 0.25) is 0 Å². The molecule has 0 fully saturated rings. The van der Waals surface area contributed by atoms with Gasteiger partial charge in [0.25, 0.3) is 0 Å². The van der Waals surface area contributed by atoms with Crippen molar-refractivity contribution in [2.24, 2.45) is 13.0 Å². The molecule has 1 heterocycles. The fourth-order valence-corrected chi connectivity index (χ4v) is 2.41. The maximum atomic E-state index is 9.27. The number of aromatic nitrogens is 2. The minimum Gasteiger partial charge on any atom is -0.268 e. The van der Waals surface area contributed by atoms with Crippen LogP contribution in [0, 0.1) is 17.2 Å². The molecule has 0 saturated carbocycles. The van der Waals surface area contributed by atoms with Gasteiger partial charge in [0, 0.05) is 12.4 Å². The first kappa shape index (κ1) is 12.6. The summed E-state index contributed by atoms with van der Waals surface area (Å²) >= 11 is 0. The molecule has 0 radical (unpaired) electrons. The molecule has 0 saturated heterocycles. The van der Waals surface area contributed by atoms with E-state index in [9.17, 15) is 5.26 Å². The summed E-state index contributed by atoms with van der Waals surface area (Å²) in [5.41, 5.74) is 3.33. The molecule has 1 atom stereocenters. The molecule has 2 aromatic rings. The van der Waals surface area contributed by atoms with Crippen molar-refractivity contribution in [1.29, 1.82) is 5.26 Å². The monoisotopic (exact) mass is 241 g/mol. The minimum atomic E-state index is -0.0469. The molecular weight excluding hydrogens is 222 g/mol. The highest BCUT2D eigenvalue weighted by Crippen LogP contribution is 2.28. The quantitative estimate of drug-likeness (QED) is 0.826. The van der Waals surface area contributed by atoms with Gasteiger partial charge in [-0.25, -0.2) is 0 Å². The first-order valence-corrected chi connectivity index (χ1v) is 6.43. The lowest BCUT2D eigenvalue weighted by atomic mass is 9.89. The second-order valence-electron chi connectivity index (χ2n) is 5.05. The zero-order chi connectivity index (χ0) is 13.3. The van der Waals surface area contributed by atoms with E-state index in [-0.39, 0.29) is 5.92 Å². The van der Waals surface area contributed by atoms with Crippen molar-refractivity contribution in [2.75, 3.05) is 0 Å². The van der Waals surface area contributed by atoms with Crippen molar-refractivity contribution in [3.8, 4) is 6.07 Å². The van der Waals surface area contributed by atoms with Gasteiger partial charge in [-0.05, 0) is 24.0 Å². The zero-order valence-corrected chi connectivity index (χ0v) is 11.4. The minimum absolute atomic E-state index is 0.0469. The van der Waals surface area contributed by atoms with E-state index in [1.807, 2.05) is 11.7 Å². The van der Waals surface area contributed by atoms with E-state index in [1.54, 1.807) is 0 Å². The molecule has 0 aliphatic carbocycles. The molecule has 3 heteroatoms. The van der Waals surface area contributed by atoms with Crippen LogP contribution in [0.4, 0.5) is 0 Å². The van der Waals surface area contributed by atoms with Crippen LogP contribution in [0.1, 0.15) is 37.9 Å². The Bertz CT molecular complexity index is 602. The molecule has 1 aromatic heterocycles. The van der Waals surface area contributed by atoms with Gasteiger partial charge in [-0.2, -0.15) is 10.4 Å². The Balaban J connectivity index is 2.58. The van der Waals surface area contributed by atoms with Gasteiger partial charge in [-0.15, -0.1) is 0 Å². The number of fused-ring (bicyclic) bond motifs is 1. The third-order valence-electron chi connectivity index (χ3n) is 3.45. The molecule has 0 aliphatic rings. The van der Waals surface area contributed by atoms with Gasteiger partial charge in [-0.3, -0.25) is 4.68 Å². The lowest BCUT2D eigenvalue weighted by molar-refractivity contribution is 0.587. The number of aryl methyl sites for hydroxylation is 2. The van der Waals surface area contributed by atoms with Crippen molar-refractivity contribution in [3.05, 3.63) is 29.5 Å². The molecule has 3 nitrogen and oxygen atoms in total. The largest absolute Gasteiger partial charge is 0.268 e. The van der Waals surface area contributed by atoms with Crippen molar-refractivity contribution >= 4 is 10.9 Å². The topological polar surface area (TPSA) is 41.6 Å². The number of hydrogen-bond donors (Lipinski definition) is 0. The van der Waals surface area contributed by atoms with Crippen molar-refractivity contribution in [1.82, 2.24) is 9.78 Å². The second kappa shape index (κ2) is 4.81. The van der Waals surface area contributed by atoms with Gasteiger partial charge in [0.1, 0.15) is 0 Å². The zero-order valence-electron chi connectivity index (χ0n) is 11.4. The molecule has 2 rings (SSSR count). The van der Waals surface area contributed by atoms with Crippen molar-refractivity contribution < 1.29 is 0 Å². The molecule has 0 aliphatic heterocycles. The molecule has 0 spiro atoms. The maximum Gasteiger partial charge on any atom is 0.0736 e. The summed E-state index contributed by atoms with van der Waals surface area (Å²) in [5.74, 6) is 0.278. The van der Waals surface area contributed by atoms with Gasteiger partial charge < -0.3 is 0 Å². The van der Waals surface area contributed by atoms with Crippen LogP contribution in [-0.4, -0.2) is 9.78 Å². The lowest BCUT2D eigenvalue weighted by Gasteiger charge is -2.13. The van der Waals surface area contributed by atoms with Gasteiger partial charge in [0.05, 0.1) is 23.2 Å². The van der Waals surface area contributed by atoms with Gasteiger partial charge in [-0.1, -0.05) is 32.9 Å². The van der Waals surface area contributed by atoms with Crippen LogP contribution in [0.3, 0.4) is 0 Å². The Kier molecular flexibility index (Phi) is 3.38. The number of hydrogen-bond acceptors (Lipinski definition) is 2. The summed E-state index contributed by atoms with van der Waals surface area (Å²) in [4.78, 5) is 0. The summed E-state index contributed by atoms with van der Waals surface area (Å²) in [6.45, 7) is 6.28. The van der Waals surface area contributed by atoms with Crippen LogP contribution < -0.4 is 0 Å². The summed E-state index contributed by atoms with van der Waals surface area (Å²) in [6.07, 6.45) is 0.933. The predicted molar refractivity (Wildman–Crippen MR) is 73.3 cm³/mol. The predicted octanol–water partition coefficient (Wildman–Crippen LogP) is 3.40. The van der Waals surface area contributed by atoms with E-state index in [0.29, 0.717) is 5.92 Å². The van der Waals surface area contributed by atoms with E-state index in [1.165, 1.54) is 5.39 Å². The van der Waals surface area contributed by atoms with Crippen LogP contribution in [0.5, 0.6) is 0 Å². The molecule has 0 bridgehead atoms. The number of benzene rings is 1. The van der Waals surface area contributed by atoms with Crippen LogP contribution in [-0.2, 0) is 13.5 Å². The van der Waals surface area contributed by atoms with Crippen LogP contribution in [0.25, 0.3) is 10.9 Å². The van der Waals surface area contributed by atoms with E-state index in [4.69, 9.17) is 0 Å². The van der Waals surface area contributed by atoms with Crippen LogP contribution >= 0.6 is 0 Å². The Labute approximate surface area is 108 Å².